The Labute approximate surface area is 122 Å². The van der Waals surface area contributed by atoms with Crippen molar-refractivity contribution in [3.8, 4) is 0 Å². The SMILES string of the molecule is Cc1cc(Br)ccc1C(=O)NC(CCl)CC(C)C. The molecule has 1 aromatic carbocycles. The van der Waals surface area contributed by atoms with Gasteiger partial charge in [0.25, 0.3) is 5.91 Å². The predicted molar refractivity (Wildman–Crippen MR) is 80.3 cm³/mol. The first-order valence-electron chi connectivity index (χ1n) is 6.07. The molecule has 1 N–H and O–H groups in total. The van der Waals surface area contributed by atoms with Crippen molar-refractivity contribution in [1.29, 1.82) is 0 Å². The maximum Gasteiger partial charge on any atom is 0.251 e. The van der Waals surface area contributed by atoms with Gasteiger partial charge in [0, 0.05) is 22.0 Å². The van der Waals surface area contributed by atoms with Crippen LogP contribution >= 0.6 is 27.5 Å². The minimum Gasteiger partial charge on any atom is -0.348 e. The van der Waals surface area contributed by atoms with Gasteiger partial charge in [-0.2, -0.15) is 0 Å². The van der Waals surface area contributed by atoms with Crippen molar-refractivity contribution in [3.05, 3.63) is 33.8 Å². The van der Waals surface area contributed by atoms with Gasteiger partial charge in [0.15, 0.2) is 0 Å². The number of hydrogen-bond donors (Lipinski definition) is 1. The maximum atomic E-state index is 12.1. The molecule has 0 aliphatic carbocycles. The number of amides is 1. The zero-order chi connectivity index (χ0) is 13.7. The lowest BCUT2D eigenvalue weighted by molar-refractivity contribution is 0.0936. The first-order valence-corrected chi connectivity index (χ1v) is 7.39. The maximum absolute atomic E-state index is 12.1. The van der Waals surface area contributed by atoms with Gasteiger partial charge in [-0.1, -0.05) is 29.8 Å². The molecule has 0 aromatic heterocycles. The molecule has 0 aliphatic heterocycles. The number of carbonyl (C=O) groups excluding carboxylic acids is 1. The first-order chi connectivity index (χ1) is 8.43. The van der Waals surface area contributed by atoms with Gasteiger partial charge in [-0.25, -0.2) is 0 Å². The van der Waals surface area contributed by atoms with E-state index in [-0.39, 0.29) is 11.9 Å². The van der Waals surface area contributed by atoms with Crippen LogP contribution in [0.4, 0.5) is 0 Å². The summed E-state index contributed by atoms with van der Waals surface area (Å²) in [5.41, 5.74) is 1.66. The molecule has 1 unspecified atom stereocenters. The van der Waals surface area contributed by atoms with Crippen molar-refractivity contribution in [1.82, 2.24) is 5.32 Å². The van der Waals surface area contributed by atoms with E-state index in [1.807, 2.05) is 25.1 Å². The molecule has 2 nitrogen and oxygen atoms in total. The van der Waals surface area contributed by atoms with Gasteiger partial charge in [-0.05, 0) is 43.0 Å². The Hall–Kier alpha value is -0.540. The van der Waals surface area contributed by atoms with E-state index in [0.717, 1.165) is 16.5 Å². The van der Waals surface area contributed by atoms with Gasteiger partial charge in [0.2, 0.25) is 0 Å². The Balaban J connectivity index is 2.74. The van der Waals surface area contributed by atoms with Crippen molar-refractivity contribution in [2.45, 2.75) is 33.2 Å². The van der Waals surface area contributed by atoms with Crippen molar-refractivity contribution in [2.75, 3.05) is 5.88 Å². The largest absolute Gasteiger partial charge is 0.348 e. The van der Waals surface area contributed by atoms with Gasteiger partial charge in [0.05, 0.1) is 0 Å². The minimum absolute atomic E-state index is 0.0298. The van der Waals surface area contributed by atoms with Gasteiger partial charge in [-0.3, -0.25) is 4.79 Å². The first kappa shape index (κ1) is 15.5. The van der Waals surface area contributed by atoms with Crippen LogP contribution in [0.15, 0.2) is 22.7 Å². The summed E-state index contributed by atoms with van der Waals surface area (Å²) >= 11 is 9.28. The topological polar surface area (TPSA) is 29.1 Å². The Morgan fingerprint density at radius 1 is 1.44 bits per heavy atom. The second-order valence-corrected chi connectivity index (χ2v) is 6.14. The van der Waals surface area contributed by atoms with E-state index < -0.39 is 0 Å². The Morgan fingerprint density at radius 2 is 2.11 bits per heavy atom. The minimum atomic E-state index is -0.0497. The lowest BCUT2D eigenvalue weighted by atomic mass is 10.0. The van der Waals surface area contributed by atoms with Crippen molar-refractivity contribution in [2.24, 2.45) is 5.92 Å². The zero-order valence-corrected chi connectivity index (χ0v) is 13.3. The second kappa shape index (κ2) is 7.15. The standard InChI is InChI=1S/C14H19BrClNO/c1-9(2)6-12(8-16)17-14(18)13-5-4-11(15)7-10(13)3/h4-5,7,9,12H,6,8H2,1-3H3,(H,17,18). The van der Waals surface area contributed by atoms with Crippen molar-refractivity contribution < 1.29 is 4.79 Å². The summed E-state index contributed by atoms with van der Waals surface area (Å²) in [5, 5.41) is 2.99. The van der Waals surface area contributed by atoms with Crippen LogP contribution in [-0.2, 0) is 0 Å². The van der Waals surface area contributed by atoms with Crippen LogP contribution in [0.1, 0.15) is 36.2 Å². The van der Waals surface area contributed by atoms with Crippen LogP contribution in [0.3, 0.4) is 0 Å². The molecule has 1 amide bonds. The quantitative estimate of drug-likeness (QED) is 0.807. The van der Waals surface area contributed by atoms with Crippen LogP contribution in [0.25, 0.3) is 0 Å². The number of rotatable bonds is 5. The summed E-state index contributed by atoms with van der Waals surface area (Å²) in [7, 11) is 0. The number of nitrogens with one attached hydrogen (secondary N) is 1. The van der Waals surface area contributed by atoms with Gasteiger partial charge in [-0.15, -0.1) is 11.6 Å². The van der Waals surface area contributed by atoms with E-state index in [9.17, 15) is 4.79 Å². The second-order valence-electron chi connectivity index (χ2n) is 4.91. The number of alkyl halides is 1. The summed E-state index contributed by atoms with van der Waals surface area (Å²) in [6, 6.07) is 5.67. The molecule has 0 radical (unpaired) electrons. The molecule has 0 heterocycles. The molecule has 1 aromatic rings. The predicted octanol–water partition coefficient (Wildman–Crippen LogP) is 4.14. The fraction of sp³-hybridized carbons (Fsp3) is 0.500. The summed E-state index contributed by atoms with van der Waals surface area (Å²) in [4.78, 5) is 12.1. The average molecular weight is 333 g/mol. The highest BCUT2D eigenvalue weighted by Gasteiger charge is 2.15. The highest BCUT2D eigenvalue weighted by atomic mass is 79.9. The molecule has 0 spiro atoms. The van der Waals surface area contributed by atoms with Crippen LogP contribution in [-0.4, -0.2) is 17.8 Å². The summed E-state index contributed by atoms with van der Waals surface area (Å²) in [6.45, 7) is 6.17. The lowest BCUT2D eigenvalue weighted by Crippen LogP contribution is -2.37. The molecule has 0 bridgehead atoms. The van der Waals surface area contributed by atoms with Crippen molar-refractivity contribution >= 4 is 33.4 Å². The number of aryl methyl sites for hydroxylation is 1. The molecule has 0 saturated carbocycles. The summed E-state index contributed by atoms with van der Waals surface area (Å²) in [6.07, 6.45) is 0.894. The number of hydrogen-bond acceptors (Lipinski definition) is 1. The third-order valence-corrected chi connectivity index (χ3v) is 3.58. The van der Waals surface area contributed by atoms with E-state index >= 15 is 0 Å². The molecule has 18 heavy (non-hydrogen) atoms. The monoisotopic (exact) mass is 331 g/mol. The number of carbonyl (C=O) groups is 1. The van der Waals surface area contributed by atoms with Crippen LogP contribution in [0, 0.1) is 12.8 Å². The van der Waals surface area contributed by atoms with Gasteiger partial charge >= 0.3 is 0 Å². The highest BCUT2D eigenvalue weighted by molar-refractivity contribution is 9.10. The summed E-state index contributed by atoms with van der Waals surface area (Å²) in [5.74, 6) is 0.908. The summed E-state index contributed by atoms with van der Waals surface area (Å²) < 4.78 is 0.979. The molecule has 1 rings (SSSR count). The van der Waals surface area contributed by atoms with Crippen LogP contribution in [0.5, 0.6) is 0 Å². The third-order valence-electron chi connectivity index (χ3n) is 2.71. The zero-order valence-electron chi connectivity index (χ0n) is 11.0. The molecule has 4 heteroatoms. The van der Waals surface area contributed by atoms with E-state index in [1.54, 1.807) is 0 Å². The van der Waals surface area contributed by atoms with Crippen LogP contribution in [0.2, 0.25) is 0 Å². The molecule has 100 valence electrons. The van der Waals surface area contributed by atoms with Crippen molar-refractivity contribution in [3.63, 3.8) is 0 Å². The molecular formula is C14H19BrClNO. The smallest absolute Gasteiger partial charge is 0.251 e. The fourth-order valence-electron chi connectivity index (χ4n) is 1.87. The molecule has 0 fully saturated rings. The molecule has 1 atom stereocenters. The van der Waals surface area contributed by atoms with Gasteiger partial charge < -0.3 is 5.32 Å². The normalized spacial score (nSPS) is 12.6. The Morgan fingerprint density at radius 3 is 2.61 bits per heavy atom. The number of benzene rings is 1. The fourth-order valence-corrected chi connectivity index (χ4v) is 2.55. The Kier molecular flexibility index (Phi) is 6.16. The van der Waals surface area contributed by atoms with Gasteiger partial charge in [0.1, 0.15) is 0 Å². The molecular weight excluding hydrogens is 314 g/mol. The van der Waals surface area contributed by atoms with E-state index in [0.29, 0.717) is 17.4 Å². The third kappa shape index (κ3) is 4.62. The van der Waals surface area contributed by atoms with E-state index in [1.165, 1.54) is 0 Å². The van der Waals surface area contributed by atoms with E-state index in [4.69, 9.17) is 11.6 Å². The van der Waals surface area contributed by atoms with Crippen LogP contribution < -0.4 is 5.32 Å². The number of halogens is 2. The molecule has 0 aliphatic rings. The highest BCUT2D eigenvalue weighted by Crippen LogP contribution is 2.16. The average Bonchev–Trinajstić information content (AvgIpc) is 2.27. The lowest BCUT2D eigenvalue weighted by Gasteiger charge is -2.18. The Bertz CT molecular complexity index is 420. The van der Waals surface area contributed by atoms with E-state index in [2.05, 4.69) is 35.1 Å². The molecule has 0 saturated heterocycles.